The smallest absolute Gasteiger partial charge is 0.355 e. The molecule has 0 saturated heterocycles. The monoisotopic (exact) mass is 460 g/mol. The number of phenols is 1. The average Bonchev–Trinajstić information content (AvgIpc) is 3.13. The van der Waals surface area contributed by atoms with E-state index in [1.165, 1.54) is 16.7 Å². The third kappa shape index (κ3) is 6.87. The predicted octanol–water partition coefficient (Wildman–Crippen LogP) is -0.333. The number of nitrogens with zero attached hydrogens (tertiary/aromatic N) is 1. The molecule has 2 aromatic heterocycles. The molecule has 3 aromatic rings. The summed E-state index contributed by atoms with van der Waals surface area (Å²) in [6, 6.07) is 5.99. The van der Waals surface area contributed by atoms with Gasteiger partial charge in [-0.3, -0.25) is 0 Å². The number of hydrogen-bond donors (Lipinski definition) is 3. The van der Waals surface area contributed by atoms with Crippen molar-refractivity contribution in [1.82, 2.24) is 4.98 Å². The Hall–Kier alpha value is -3.43. The Morgan fingerprint density at radius 2 is 1.63 bits per heavy atom. The standard InChI is InChI=1S/C9H6N2O2S.C7H6O6S.2H2O/c12-9(13)7-5-14-8(11-7)6-1-3-10-4-2-6;8-6-2-1-4(14(11,12)13)3-5(6)7(9)10;;/h1-5H,(H,12,13);1-3,8H,(H,9,10)(H,11,12,13);2*1H2. The largest absolute Gasteiger partial charge is 0.744 e. The van der Waals surface area contributed by atoms with E-state index in [1.54, 1.807) is 12.4 Å². The van der Waals surface area contributed by atoms with Crippen molar-refractivity contribution in [3.63, 3.8) is 0 Å². The Morgan fingerprint density at radius 1 is 1.03 bits per heavy atom. The highest BCUT2D eigenvalue weighted by molar-refractivity contribution is 7.85. The van der Waals surface area contributed by atoms with Gasteiger partial charge in [0.25, 0.3) is 0 Å². The van der Waals surface area contributed by atoms with Gasteiger partial charge in [0.1, 0.15) is 26.4 Å². The zero-order valence-electron chi connectivity index (χ0n) is 14.8. The number of aromatic nitrogens is 2. The maximum atomic E-state index is 10.6. The van der Waals surface area contributed by atoms with E-state index in [1.807, 2.05) is 12.1 Å². The van der Waals surface area contributed by atoms with Gasteiger partial charge in [-0.25, -0.2) is 28.0 Å². The topological polar surface area (TPSA) is 242 Å². The van der Waals surface area contributed by atoms with Gasteiger partial charge in [-0.2, -0.15) is 0 Å². The number of H-pyrrole nitrogens is 1. The minimum atomic E-state index is -4.70. The lowest BCUT2D eigenvalue weighted by Crippen LogP contribution is -2.02. The summed E-state index contributed by atoms with van der Waals surface area (Å²) in [6.45, 7) is 0. The SMILES string of the molecule is O.O.O=C(O)c1cc(S(=O)(=O)[O-])ccc1O.O=C(O)c1csc(-c2cc[nH+]cc2)n1. The van der Waals surface area contributed by atoms with E-state index < -0.39 is 38.3 Å². The van der Waals surface area contributed by atoms with Crippen molar-refractivity contribution in [3.05, 3.63) is 59.4 Å². The number of thiazole rings is 1. The first-order valence-electron chi connectivity index (χ1n) is 7.27. The third-order valence-corrected chi connectivity index (χ3v) is 4.90. The zero-order chi connectivity index (χ0) is 20.9. The average molecular weight is 460 g/mol. The van der Waals surface area contributed by atoms with Crippen molar-refractivity contribution >= 4 is 33.4 Å². The van der Waals surface area contributed by atoms with Crippen LogP contribution in [0.15, 0.2) is 53.0 Å². The molecule has 0 spiro atoms. The number of carboxylic acid groups (broad SMARTS) is 2. The number of nitrogens with one attached hydrogen (secondary N) is 1. The van der Waals surface area contributed by atoms with Crippen LogP contribution >= 0.6 is 11.3 Å². The maximum Gasteiger partial charge on any atom is 0.355 e. The summed E-state index contributed by atoms with van der Waals surface area (Å²) >= 11 is 1.33. The van der Waals surface area contributed by atoms with Crippen molar-refractivity contribution < 1.29 is 53.8 Å². The first kappa shape index (κ1) is 26.6. The zero-order valence-corrected chi connectivity index (χ0v) is 16.4. The Bertz CT molecular complexity index is 1110. The van der Waals surface area contributed by atoms with Gasteiger partial charge in [0.05, 0.1) is 4.90 Å². The third-order valence-electron chi connectivity index (χ3n) is 3.18. The Kier molecular flexibility index (Phi) is 9.69. The van der Waals surface area contributed by atoms with Crippen LogP contribution in [0.1, 0.15) is 20.8 Å². The van der Waals surface area contributed by atoms with Gasteiger partial charge in [0, 0.05) is 23.1 Å². The van der Waals surface area contributed by atoms with Crippen molar-refractivity contribution in [2.24, 2.45) is 0 Å². The molecule has 0 amide bonds. The minimum Gasteiger partial charge on any atom is -0.744 e. The second kappa shape index (κ2) is 10.9. The molecule has 0 bridgehead atoms. The first-order valence-corrected chi connectivity index (χ1v) is 9.56. The highest BCUT2D eigenvalue weighted by Crippen LogP contribution is 2.22. The van der Waals surface area contributed by atoms with Crippen LogP contribution in [0.4, 0.5) is 0 Å². The Morgan fingerprint density at radius 3 is 2.10 bits per heavy atom. The van der Waals surface area contributed by atoms with E-state index in [2.05, 4.69) is 9.97 Å². The number of aromatic carboxylic acids is 2. The van der Waals surface area contributed by atoms with Gasteiger partial charge in [-0.05, 0) is 18.2 Å². The van der Waals surface area contributed by atoms with Crippen molar-refractivity contribution in [3.8, 4) is 16.3 Å². The molecule has 0 aliphatic carbocycles. The molecule has 0 radical (unpaired) electrons. The molecule has 0 fully saturated rings. The minimum absolute atomic E-state index is 0. The number of hydrogen-bond acceptors (Lipinski definition) is 8. The number of aromatic amines is 1. The van der Waals surface area contributed by atoms with Gasteiger partial charge < -0.3 is 30.8 Å². The number of rotatable bonds is 4. The van der Waals surface area contributed by atoms with Crippen LogP contribution in [-0.2, 0) is 10.1 Å². The summed E-state index contributed by atoms with van der Waals surface area (Å²) < 4.78 is 31.5. The van der Waals surface area contributed by atoms with Gasteiger partial charge in [0.2, 0.25) is 0 Å². The van der Waals surface area contributed by atoms with Gasteiger partial charge in [-0.1, -0.05) is 0 Å². The summed E-state index contributed by atoms with van der Waals surface area (Å²) in [6.07, 6.45) is 3.55. The van der Waals surface area contributed by atoms with E-state index in [-0.39, 0.29) is 16.6 Å². The van der Waals surface area contributed by atoms with Gasteiger partial charge in [0.15, 0.2) is 18.1 Å². The Balaban J connectivity index is 0.000000526. The second-order valence-corrected chi connectivity index (χ2v) is 7.31. The van der Waals surface area contributed by atoms with E-state index in [0.29, 0.717) is 6.07 Å². The van der Waals surface area contributed by atoms with Gasteiger partial charge >= 0.3 is 11.9 Å². The molecule has 0 saturated carbocycles. The molecule has 2 heterocycles. The first-order chi connectivity index (χ1) is 13.1. The molecule has 8 N–H and O–H groups in total. The predicted molar refractivity (Wildman–Crippen MR) is 101 cm³/mol. The maximum absolute atomic E-state index is 10.6. The Labute approximate surface area is 173 Å². The quantitative estimate of drug-likeness (QED) is 0.431. The van der Waals surface area contributed by atoms with Crippen molar-refractivity contribution in [2.45, 2.75) is 4.90 Å². The fraction of sp³-hybridized carbons (Fsp3) is 0. The summed E-state index contributed by atoms with van der Waals surface area (Å²) in [5.41, 5.74) is 0.390. The molecular formula is C16H16N2O10S2. The molecule has 14 heteroatoms. The molecule has 0 aliphatic rings. The van der Waals surface area contributed by atoms with Crippen LogP contribution in [0.25, 0.3) is 10.6 Å². The van der Waals surface area contributed by atoms with E-state index in [0.717, 1.165) is 22.7 Å². The molecule has 30 heavy (non-hydrogen) atoms. The molecule has 162 valence electrons. The molecule has 0 unspecified atom stereocenters. The molecule has 1 aromatic carbocycles. The number of aromatic hydroxyl groups is 1. The van der Waals surface area contributed by atoms with Gasteiger partial charge in [-0.15, -0.1) is 11.3 Å². The summed E-state index contributed by atoms with van der Waals surface area (Å²) in [5, 5.41) is 28.4. The molecule has 12 nitrogen and oxygen atoms in total. The molecule has 0 aliphatic heterocycles. The lowest BCUT2D eigenvalue weighted by Gasteiger charge is -2.08. The number of benzene rings is 1. The van der Waals surface area contributed by atoms with Crippen LogP contribution in [0.3, 0.4) is 0 Å². The number of pyridine rings is 1. The van der Waals surface area contributed by atoms with Crippen LogP contribution < -0.4 is 4.98 Å². The van der Waals surface area contributed by atoms with E-state index >= 15 is 0 Å². The van der Waals surface area contributed by atoms with Crippen molar-refractivity contribution in [2.75, 3.05) is 0 Å². The molecule has 3 rings (SSSR count). The number of carboxylic acids is 2. The second-order valence-electron chi connectivity index (χ2n) is 5.07. The normalized spacial score (nSPS) is 9.90. The molecule has 0 atom stereocenters. The summed E-state index contributed by atoms with van der Waals surface area (Å²) in [5.74, 6) is -3.09. The fourth-order valence-electron chi connectivity index (χ4n) is 1.88. The van der Waals surface area contributed by atoms with Crippen molar-refractivity contribution in [1.29, 1.82) is 0 Å². The van der Waals surface area contributed by atoms with Crippen LogP contribution in [0.2, 0.25) is 0 Å². The highest BCUT2D eigenvalue weighted by Gasteiger charge is 2.12. The summed E-state index contributed by atoms with van der Waals surface area (Å²) in [7, 11) is -4.70. The summed E-state index contributed by atoms with van der Waals surface area (Å²) in [4.78, 5) is 27.2. The van der Waals surface area contributed by atoms with E-state index in [4.69, 9.17) is 15.3 Å². The lowest BCUT2D eigenvalue weighted by atomic mass is 10.2. The van der Waals surface area contributed by atoms with E-state index in [9.17, 15) is 22.6 Å². The number of carbonyl (C=O) groups is 2. The highest BCUT2D eigenvalue weighted by atomic mass is 32.2. The van der Waals surface area contributed by atoms with Crippen LogP contribution in [0.5, 0.6) is 5.75 Å². The van der Waals surface area contributed by atoms with Crippen LogP contribution in [-0.4, -0.2) is 56.2 Å². The lowest BCUT2D eigenvalue weighted by molar-refractivity contribution is -0.377. The van der Waals surface area contributed by atoms with Crippen LogP contribution in [0, 0.1) is 0 Å². The molecular weight excluding hydrogens is 444 g/mol. The fourth-order valence-corrected chi connectivity index (χ4v) is 3.17.